The second kappa shape index (κ2) is 13.6. The van der Waals surface area contributed by atoms with Gasteiger partial charge in [0.05, 0.1) is 28.7 Å². The number of amides is 1. The van der Waals surface area contributed by atoms with Gasteiger partial charge in [-0.05, 0) is 25.3 Å². The van der Waals surface area contributed by atoms with E-state index in [4.69, 9.17) is 15.2 Å². The predicted octanol–water partition coefficient (Wildman–Crippen LogP) is 1.77. The number of likely N-dealkylation sites (tertiary alicyclic amines) is 1. The van der Waals surface area contributed by atoms with Crippen molar-refractivity contribution >= 4 is 41.4 Å². The molecule has 4 N–H and O–H groups in total. The van der Waals surface area contributed by atoms with Gasteiger partial charge in [-0.3, -0.25) is 30.2 Å². The van der Waals surface area contributed by atoms with E-state index in [1.807, 2.05) is 30.3 Å². The van der Waals surface area contributed by atoms with E-state index in [-0.39, 0.29) is 29.6 Å². The van der Waals surface area contributed by atoms with Crippen molar-refractivity contribution in [1.29, 1.82) is 0 Å². The van der Waals surface area contributed by atoms with Gasteiger partial charge in [-0.25, -0.2) is 4.79 Å². The number of ether oxygens (including phenoxy) is 1. The third-order valence-corrected chi connectivity index (χ3v) is 9.51. The van der Waals surface area contributed by atoms with Gasteiger partial charge < -0.3 is 14.7 Å². The molecule has 2 aliphatic heterocycles. The van der Waals surface area contributed by atoms with E-state index >= 15 is 0 Å². The Morgan fingerprint density at radius 2 is 1.89 bits per heavy atom. The average Bonchev–Trinajstić information content (AvgIpc) is 3.48. The van der Waals surface area contributed by atoms with Gasteiger partial charge in [0.25, 0.3) is 0 Å². The van der Waals surface area contributed by atoms with Crippen molar-refractivity contribution in [2.24, 2.45) is 0 Å². The molecule has 1 aromatic carbocycles. The van der Waals surface area contributed by atoms with Crippen LogP contribution in [-0.2, 0) is 30.4 Å². The lowest BCUT2D eigenvalue weighted by atomic mass is 10.0. The number of aryl methyl sites for hydroxylation is 1. The zero-order valence-electron chi connectivity index (χ0n) is 20.1. The number of carboxylic acid groups (broad SMARTS) is 1. The molecule has 2 saturated heterocycles. The first-order valence-corrected chi connectivity index (χ1v) is 13.8. The van der Waals surface area contributed by atoms with Crippen LogP contribution in [0.3, 0.4) is 0 Å². The molecule has 1 spiro atoms. The molecule has 1 aromatic rings. The Morgan fingerprint density at radius 3 is 2.53 bits per heavy atom. The van der Waals surface area contributed by atoms with Crippen LogP contribution in [0, 0.1) is 0 Å². The largest absolute Gasteiger partial charge is 0.480 e. The lowest BCUT2D eigenvalue weighted by Crippen LogP contribution is -2.53. The smallest absolute Gasteiger partial charge is 0.326 e. The fourth-order valence-corrected chi connectivity index (χ4v) is 7.58. The van der Waals surface area contributed by atoms with Crippen LogP contribution in [0.4, 0.5) is 0 Å². The van der Waals surface area contributed by atoms with Crippen LogP contribution >= 0.6 is 23.5 Å². The molecular formula is C23H33N3O8S2. The number of carbonyl (C=O) groups is 3. The lowest BCUT2D eigenvalue weighted by molar-refractivity contribution is -0.492. The highest BCUT2D eigenvalue weighted by Gasteiger charge is 2.52. The van der Waals surface area contributed by atoms with Crippen molar-refractivity contribution < 1.29 is 39.5 Å². The normalized spacial score (nSPS) is 20.6. The molecule has 2 aliphatic rings. The maximum absolute atomic E-state index is 13.4. The molecule has 200 valence electrons. The molecule has 36 heavy (non-hydrogen) atoms. The van der Waals surface area contributed by atoms with Crippen LogP contribution in [0.1, 0.15) is 31.7 Å². The lowest BCUT2D eigenvalue weighted by Gasteiger charge is -2.28. The van der Waals surface area contributed by atoms with Crippen LogP contribution in [0.15, 0.2) is 30.3 Å². The molecule has 3 unspecified atom stereocenters. The predicted molar refractivity (Wildman–Crippen MR) is 133 cm³/mol. The van der Waals surface area contributed by atoms with Gasteiger partial charge in [0.1, 0.15) is 12.1 Å². The number of nitrogens with zero attached hydrogens (tertiary/aromatic N) is 2. The molecule has 0 saturated carbocycles. The molecule has 2 heterocycles. The Kier molecular flexibility index (Phi) is 10.8. The number of benzene rings is 1. The van der Waals surface area contributed by atoms with Gasteiger partial charge in [-0.15, -0.1) is 23.5 Å². The number of esters is 1. The molecule has 0 radical (unpaired) electrons. The van der Waals surface area contributed by atoms with Crippen molar-refractivity contribution in [1.82, 2.24) is 15.6 Å². The molecule has 3 atom stereocenters. The van der Waals surface area contributed by atoms with Gasteiger partial charge in [0.2, 0.25) is 5.91 Å². The summed E-state index contributed by atoms with van der Waals surface area (Å²) >= 11 is 3.42. The molecule has 0 aromatic heterocycles. The summed E-state index contributed by atoms with van der Waals surface area (Å²) in [6.45, 7) is 1.91. The highest BCUT2D eigenvalue weighted by atomic mass is 32.2. The molecule has 2 fully saturated rings. The summed E-state index contributed by atoms with van der Waals surface area (Å²) < 4.78 is 5.04. The van der Waals surface area contributed by atoms with Crippen LogP contribution in [0.5, 0.6) is 0 Å². The molecule has 0 bridgehead atoms. The summed E-state index contributed by atoms with van der Waals surface area (Å²) in [5.74, 6) is -0.0683. The first-order valence-electron chi connectivity index (χ1n) is 11.8. The highest BCUT2D eigenvalue weighted by Crippen LogP contribution is 2.51. The number of carbonyl (C=O) groups excluding carboxylic acids is 2. The number of hydrogen-bond donors (Lipinski definition) is 4. The van der Waals surface area contributed by atoms with Crippen LogP contribution < -0.4 is 5.32 Å². The molecule has 3 rings (SSSR count). The molecule has 1 amide bonds. The van der Waals surface area contributed by atoms with Crippen molar-refractivity contribution in [3.05, 3.63) is 35.9 Å². The summed E-state index contributed by atoms with van der Waals surface area (Å²) in [4.78, 5) is 44.0. The topological polar surface area (TPSA) is 149 Å². The summed E-state index contributed by atoms with van der Waals surface area (Å²) in [6, 6.07) is 7.11. The molecule has 0 aliphatic carbocycles. The summed E-state index contributed by atoms with van der Waals surface area (Å²) in [5.41, 5.74) is 1.03. The number of rotatable bonds is 13. The van der Waals surface area contributed by atoms with E-state index < -0.39 is 35.5 Å². The Balaban J connectivity index is 1.63. The number of nitrogens with one attached hydrogen (secondary N) is 1. The van der Waals surface area contributed by atoms with Crippen molar-refractivity contribution in [3.63, 3.8) is 0 Å². The van der Waals surface area contributed by atoms with E-state index in [1.54, 1.807) is 30.4 Å². The fourth-order valence-electron chi connectivity index (χ4n) is 4.32. The van der Waals surface area contributed by atoms with Crippen LogP contribution in [-0.4, -0.2) is 97.1 Å². The van der Waals surface area contributed by atoms with E-state index in [2.05, 4.69) is 10.2 Å². The zero-order valence-corrected chi connectivity index (χ0v) is 21.7. The Labute approximate surface area is 218 Å². The minimum atomic E-state index is -1.02. The van der Waals surface area contributed by atoms with E-state index in [1.165, 1.54) is 4.90 Å². The Hall–Kier alpha value is -1.87. The van der Waals surface area contributed by atoms with E-state index in [0.29, 0.717) is 25.8 Å². The number of carboxylic acids is 1. The zero-order chi connectivity index (χ0) is 26.1. The van der Waals surface area contributed by atoms with Crippen LogP contribution in [0.2, 0.25) is 0 Å². The second-order valence-corrected chi connectivity index (χ2v) is 11.9. The highest BCUT2D eigenvalue weighted by molar-refractivity contribution is 8.21. The summed E-state index contributed by atoms with van der Waals surface area (Å²) in [5, 5.41) is 29.5. The third kappa shape index (κ3) is 8.07. The quantitative estimate of drug-likeness (QED) is 0.163. The maximum Gasteiger partial charge on any atom is 0.326 e. The molecular weight excluding hydrogens is 510 g/mol. The summed E-state index contributed by atoms with van der Waals surface area (Å²) in [7, 11) is 0. The molecule has 13 heteroatoms. The monoisotopic (exact) mass is 543 g/mol. The first kappa shape index (κ1) is 28.7. The Bertz CT molecular complexity index is 885. The van der Waals surface area contributed by atoms with Crippen molar-refractivity contribution in [2.75, 3.05) is 31.3 Å². The third-order valence-electron chi connectivity index (χ3n) is 6.08. The number of aliphatic carboxylic acids is 1. The number of thioether (sulfide) groups is 2. The van der Waals surface area contributed by atoms with Gasteiger partial charge in [0.15, 0.2) is 0 Å². The minimum absolute atomic E-state index is 0.0112. The average molecular weight is 544 g/mol. The van der Waals surface area contributed by atoms with E-state index in [9.17, 15) is 19.5 Å². The van der Waals surface area contributed by atoms with Crippen molar-refractivity contribution in [3.8, 4) is 0 Å². The van der Waals surface area contributed by atoms with Crippen LogP contribution in [0.25, 0.3) is 0 Å². The SMILES string of the molecule is CC(NC(CCc1ccccc1)C(=O)OCCCON(O)O)C(=O)N1CC2(CC1C(=O)O)SCCS2. The first-order chi connectivity index (χ1) is 17.2. The fraction of sp³-hybridized carbons (Fsp3) is 0.609. The standard InChI is InChI=1S/C23H33N3O8S2/c1-16(20(27)25-15-23(35-12-13-36-23)14-19(25)21(28)29)24-18(9-8-17-6-3-2-4-7-17)22(30)33-10-5-11-34-26(31)32/h2-4,6-7,16,18-19,24,31-32H,5,8-15H2,1H3,(H,28,29). The Morgan fingerprint density at radius 1 is 1.19 bits per heavy atom. The van der Waals surface area contributed by atoms with Crippen molar-refractivity contribution in [2.45, 2.75) is 54.8 Å². The minimum Gasteiger partial charge on any atom is -0.480 e. The van der Waals surface area contributed by atoms with Gasteiger partial charge >= 0.3 is 11.9 Å². The van der Waals surface area contributed by atoms with E-state index in [0.717, 1.165) is 17.1 Å². The van der Waals surface area contributed by atoms with Gasteiger partial charge in [-0.2, -0.15) is 0 Å². The van der Waals surface area contributed by atoms with Gasteiger partial charge in [0, 0.05) is 30.9 Å². The second-order valence-electron chi connectivity index (χ2n) is 8.70. The summed E-state index contributed by atoms with van der Waals surface area (Å²) in [6.07, 6.45) is 1.57. The van der Waals surface area contributed by atoms with Gasteiger partial charge in [-0.1, -0.05) is 30.3 Å². The molecule has 11 nitrogen and oxygen atoms in total. The number of hydrogen-bond acceptors (Lipinski definition) is 11. The maximum atomic E-state index is 13.4.